The van der Waals surface area contributed by atoms with Crippen LogP contribution in [0.4, 0.5) is 0 Å². The molecule has 1 aromatic heterocycles. The Hall–Kier alpha value is -1.63. The maximum absolute atomic E-state index is 10.2. The normalized spacial score (nSPS) is 12.5. The average Bonchev–Trinajstić information content (AvgIpc) is 2.87. The molecule has 0 unspecified atom stereocenters. The number of likely N-dealkylation sites (N-methyl/N-ethyl adjacent to an activating group) is 1. The van der Waals surface area contributed by atoms with Gasteiger partial charge in [-0.25, -0.2) is 0 Å². The number of rotatable bonds is 9. The van der Waals surface area contributed by atoms with Crippen LogP contribution in [0.3, 0.4) is 0 Å². The Bertz CT molecular complexity index is 614. The Morgan fingerprint density at radius 1 is 1.35 bits per heavy atom. The summed E-state index contributed by atoms with van der Waals surface area (Å²) in [4.78, 5) is 2.13. The van der Waals surface area contributed by atoms with Crippen LogP contribution in [0.5, 0.6) is 0 Å². The second-order valence-corrected chi connectivity index (χ2v) is 6.56. The highest BCUT2D eigenvalue weighted by Crippen LogP contribution is 2.18. The molecule has 1 N–H and O–H groups in total. The number of nitrogens with zero attached hydrogens (tertiary/aromatic N) is 4. The summed E-state index contributed by atoms with van der Waals surface area (Å²) in [5.41, 5.74) is 1.25. The van der Waals surface area contributed by atoms with Gasteiger partial charge in [-0.2, -0.15) is 0 Å². The van der Waals surface area contributed by atoms with Gasteiger partial charge in [-0.15, -0.1) is 16.8 Å². The molecule has 6 heteroatoms. The van der Waals surface area contributed by atoms with Gasteiger partial charge in [0.05, 0.1) is 6.10 Å². The number of aromatic nitrogens is 3. The van der Waals surface area contributed by atoms with E-state index >= 15 is 0 Å². The van der Waals surface area contributed by atoms with E-state index < -0.39 is 6.10 Å². The lowest BCUT2D eigenvalue weighted by Crippen LogP contribution is -2.30. The highest BCUT2D eigenvalue weighted by atomic mass is 32.2. The predicted octanol–water partition coefficient (Wildman–Crippen LogP) is 2.36. The van der Waals surface area contributed by atoms with Crippen LogP contribution in [-0.4, -0.2) is 50.2 Å². The molecule has 1 heterocycles. The lowest BCUT2D eigenvalue weighted by atomic mass is 10.2. The highest BCUT2D eigenvalue weighted by molar-refractivity contribution is 7.99. The molecule has 0 bridgehead atoms. The molecule has 0 saturated carbocycles. The standard InChI is InChI=1S/C17H24N4OS/c1-4-10-21-14(2)18-19-17(21)23-13-16(22)12-20(3)11-15-8-6-5-7-9-15/h4-9,16,22H,1,10-13H2,2-3H3/t16-/m0/s1. The Kier molecular flexibility index (Phi) is 6.83. The first kappa shape index (κ1) is 17.7. The van der Waals surface area contributed by atoms with E-state index in [4.69, 9.17) is 0 Å². The van der Waals surface area contributed by atoms with Crippen molar-refractivity contribution in [2.45, 2.75) is 31.3 Å². The average molecular weight is 332 g/mol. The van der Waals surface area contributed by atoms with Crippen molar-refractivity contribution in [3.05, 3.63) is 54.4 Å². The van der Waals surface area contributed by atoms with Gasteiger partial charge < -0.3 is 9.67 Å². The van der Waals surface area contributed by atoms with Crippen molar-refractivity contribution >= 4 is 11.8 Å². The van der Waals surface area contributed by atoms with Gasteiger partial charge in [-0.1, -0.05) is 48.2 Å². The lowest BCUT2D eigenvalue weighted by Gasteiger charge is -2.20. The second kappa shape index (κ2) is 8.86. The minimum Gasteiger partial charge on any atom is -0.391 e. The molecular formula is C17H24N4OS. The van der Waals surface area contributed by atoms with Crippen LogP contribution >= 0.6 is 11.8 Å². The Balaban J connectivity index is 1.80. The van der Waals surface area contributed by atoms with Crippen molar-refractivity contribution in [1.82, 2.24) is 19.7 Å². The number of aliphatic hydroxyl groups is 1. The molecule has 2 rings (SSSR count). The number of hydrogen-bond acceptors (Lipinski definition) is 5. The molecule has 0 radical (unpaired) electrons. The third kappa shape index (κ3) is 5.49. The Morgan fingerprint density at radius 3 is 2.78 bits per heavy atom. The third-order valence-electron chi connectivity index (χ3n) is 3.44. The third-order valence-corrected chi connectivity index (χ3v) is 4.55. The fraction of sp³-hybridized carbons (Fsp3) is 0.412. The quantitative estimate of drug-likeness (QED) is 0.564. The zero-order chi connectivity index (χ0) is 16.7. The van der Waals surface area contributed by atoms with E-state index in [0.29, 0.717) is 18.8 Å². The van der Waals surface area contributed by atoms with E-state index in [0.717, 1.165) is 17.5 Å². The van der Waals surface area contributed by atoms with Crippen LogP contribution in [-0.2, 0) is 13.1 Å². The number of aliphatic hydroxyl groups excluding tert-OH is 1. The largest absolute Gasteiger partial charge is 0.391 e. The monoisotopic (exact) mass is 332 g/mol. The van der Waals surface area contributed by atoms with Crippen LogP contribution in [0.1, 0.15) is 11.4 Å². The van der Waals surface area contributed by atoms with Crippen molar-refractivity contribution in [3.63, 3.8) is 0 Å². The SMILES string of the molecule is C=CCn1c(C)nnc1SC[C@@H](O)CN(C)Cc1ccccc1. The summed E-state index contributed by atoms with van der Waals surface area (Å²) in [6.07, 6.45) is 1.41. The van der Waals surface area contributed by atoms with Crippen molar-refractivity contribution < 1.29 is 5.11 Å². The molecule has 1 aromatic carbocycles. The van der Waals surface area contributed by atoms with E-state index in [9.17, 15) is 5.11 Å². The van der Waals surface area contributed by atoms with E-state index in [-0.39, 0.29) is 0 Å². The van der Waals surface area contributed by atoms with Gasteiger partial charge in [0.1, 0.15) is 5.82 Å². The molecule has 23 heavy (non-hydrogen) atoms. The van der Waals surface area contributed by atoms with Crippen molar-refractivity contribution in [3.8, 4) is 0 Å². The van der Waals surface area contributed by atoms with Crippen molar-refractivity contribution in [2.75, 3.05) is 19.3 Å². The second-order valence-electron chi connectivity index (χ2n) is 5.58. The number of thioether (sulfide) groups is 1. The summed E-state index contributed by atoms with van der Waals surface area (Å²) < 4.78 is 2.00. The number of hydrogen-bond donors (Lipinski definition) is 1. The molecular weight excluding hydrogens is 308 g/mol. The van der Waals surface area contributed by atoms with Gasteiger partial charge in [0, 0.05) is 25.4 Å². The zero-order valence-corrected chi connectivity index (χ0v) is 14.5. The zero-order valence-electron chi connectivity index (χ0n) is 13.7. The highest BCUT2D eigenvalue weighted by Gasteiger charge is 2.13. The minimum atomic E-state index is -0.414. The van der Waals surface area contributed by atoms with Crippen LogP contribution in [0.15, 0.2) is 48.1 Å². The fourth-order valence-electron chi connectivity index (χ4n) is 2.35. The van der Waals surface area contributed by atoms with E-state index in [2.05, 4.69) is 33.8 Å². The van der Waals surface area contributed by atoms with Crippen molar-refractivity contribution in [1.29, 1.82) is 0 Å². The smallest absolute Gasteiger partial charge is 0.191 e. The van der Waals surface area contributed by atoms with E-state index in [1.165, 1.54) is 17.3 Å². The molecule has 1 atom stereocenters. The van der Waals surface area contributed by atoms with Crippen LogP contribution < -0.4 is 0 Å². The fourth-order valence-corrected chi connectivity index (χ4v) is 3.26. The first-order chi connectivity index (χ1) is 11.1. The van der Waals surface area contributed by atoms with Gasteiger partial charge >= 0.3 is 0 Å². The molecule has 0 fully saturated rings. The van der Waals surface area contributed by atoms with Gasteiger partial charge in [0.2, 0.25) is 0 Å². The van der Waals surface area contributed by atoms with E-state index in [1.807, 2.05) is 42.8 Å². The van der Waals surface area contributed by atoms with Crippen molar-refractivity contribution in [2.24, 2.45) is 0 Å². The van der Waals surface area contributed by atoms with Gasteiger partial charge in [0.15, 0.2) is 5.16 Å². The first-order valence-electron chi connectivity index (χ1n) is 7.64. The Morgan fingerprint density at radius 2 is 2.09 bits per heavy atom. The molecule has 0 spiro atoms. The van der Waals surface area contributed by atoms with E-state index in [1.54, 1.807) is 0 Å². The van der Waals surface area contributed by atoms with Crippen LogP contribution in [0.25, 0.3) is 0 Å². The number of aryl methyl sites for hydroxylation is 1. The summed E-state index contributed by atoms with van der Waals surface area (Å²) in [5.74, 6) is 1.46. The molecule has 0 aliphatic heterocycles. The van der Waals surface area contributed by atoms with Gasteiger partial charge in [-0.3, -0.25) is 4.90 Å². The predicted molar refractivity (Wildman–Crippen MR) is 94.5 cm³/mol. The molecule has 2 aromatic rings. The molecule has 0 aliphatic carbocycles. The maximum Gasteiger partial charge on any atom is 0.191 e. The Labute approximate surface area is 142 Å². The molecule has 0 aliphatic rings. The summed E-state index contributed by atoms with van der Waals surface area (Å²) in [5, 5.41) is 19.3. The number of benzene rings is 1. The molecule has 5 nitrogen and oxygen atoms in total. The van der Waals surface area contributed by atoms with Crippen LogP contribution in [0, 0.1) is 6.92 Å². The number of allylic oxidation sites excluding steroid dienone is 1. The molecule has 0 amide bonds. The topological polar surface area (TPSA) is 54.2 Å². The lowest BCUT2D eigenvalue weighted by molar-refractivity contribution is 0.142. The summed E-state index contributed by atoms with van der Waals surface area (Å²) in [7, 11) is 2.02. The molecule has 124 valence electrons. The summed E-state index contributed by atoms with van der Waals surface area (Å²) in [6, 6.07) is 10.3. The van der Waals surface area contributed by atoms with Crippen LogP contribution in [0.2, 0.25) is 0 Å². The maximum atomic E-state index is 10.2. The summed E-state index contributed by atoms with van der Waals surface area (Å²) in [6.45, 7) is 7.81. The van der Waals surface area contributed by atoms with Gasteiger partial charge in [0.25, 0.3) is 0 Å². The summed E-state index contributed by atoms with van der Waals surface area (Å²) >= 11 is 1.53. The van der Waals surface area contributed by atoms with Gasteiger partial charge in [-0.05, 0) is 19.5 Å². The first-order valence-corrected chi connectivity index (χ1v) is 8.62. The molecule has 0 saturated heterocycles. The minimum absolute atomic E-state index is 0.414.